The van der Waals surface area contributed by atoms with E-state index in [2.05, 4.69) is 61.8 Å². The van der Waals surface area contributed by atoms with Gasteiger partial charge in [0.1, 0.15) is 5.69 Å². The van der Waals surface area contributed by atoms with Crippen LogP contribution in [-0.4, -0.2) is 66.3 Å². The van der Waals surface area contributed by atoms with E-state index in [0.29, 0.717) is 17.9 Å². The molecule has 0 atom stereocenters. The van der Waals surface area contributed by atoms with E-state index in [1.807, 2.05) is 19.2 Å². The molecule has 242 valence electrons. The van der Waals surface area contributed by atoms with Crippen LogP contribution in [0.25, 0.3) is 22.5 Å². The number of aryl methyl sites for hydroxylation is 1. The van der Waals surface area contributed by atoms with Gasteiger partial charge < -0.3 is 20.0 Å². The number of piperidine rings is 1. The Labute approximate surface area is 271 Å². The van der Waals surface area contributed by atoms with Crippen molar-refractivity contribution in [2.45, 2.75) is 79.4 Å². The summed E-state index contributed by atoms with van der Waals surface area (Å²) < 4.78 is 0. The molecule has 2 N–H and O–H groups in total. The first kappa shape index (κ1) is 32.9. The Morgan fingerprint density at radius 2 is 1.65 bits per heavy atom. The van der Waals surface area contributed by atoms with Crippen molar-refractivity contribution >= 4 is 17.6 Å². The first-order valence-electron chi connectivity index (χ1n) is 15.9. The standard InChI is InChI=1S/C32H35N7O2.C4H10O/c1-21-25(17-29(40)41)30(38-14-8-32(2,3)9-15-38)26(18-36-21)23-4-5-24-20-39(13-7-22(24)16-23)31-35-10-6-27(37-31)28-19-33-11-12-34-28;1-4(2,3)5/h4-6,10-12,16,18-19H,7-9,13-15,17,20H2,1-3H3,(H,40,41);5H,1-3H3. The molecular formula is C36H45N7O3. The largest absolute Gasteiger partial charge is 0.481 e. The molecule has 1 saturated heterocycles. The topological polar surface area (TPSA) is 128 Å². The molecule has 6 rings (SSSR count). The van der Waals surface area contributed by atoms with Crippen LogP contribution in [0.4, 0.5) is 11.6 Å². The molecule has 10 nitrogen and oxygen atoms in total. The highest BCUT2D eigenvalue weighted by Gasteiger charge is 2.30. The van der Waals surface area contributed by atoms with Crippen LogP contribution >= 0.6 is 0 Å². The van der Waals surface area contributed by atoms with Gasteiger partial charge >= 0.3 is 5.97 Å². The predicted octanol–water partition coefficient (Wildman–Crippen LogP) is 5.90. The van der Waals surface area contributed by atoms with Crippen molar-refractivity contribution in [2.75, 3.05) is 29.4 Å². The zero-order valence-corrected chi connectivity index (χ0v) is 27.8. The number of rotatable bonds is 6. The number of benzene rings is 1. The van der Waals surface area contributed by atoms with E-state index < -0.39 is 11.6 Å². The molecule has 0 aliphatic carbocycles. The van der Waals surface area contributed by atoms with Gasteiger partial charge in [0.05, 0.1) is 29.6 Å². The van der Waals surface area contributed by atoms with Gasteiger partial charge in [0.15, 0.2) is 0 Å². The summed E-state index contributed by atoms with van der Waals surface area (Å²) in [7, 11) is 0. The first-order chi connectivity index (χ1) is 21.8. The second-order valence-electron chi connectivity index (χ2n) is 14.0. The van der Waals surface area contributed by atoms with Gasteiger partial charge in [-0.1, -0.05) is 32.0 Å². The van der Waals surface area contributed by atoms with Gasteiger partial charge in [-0.2, -0.15) is 0 Å². The number of pyridine rings is 1. The zero-order valence-electron chi connectivity index (χ0n) is 27.8. The smallest absolute Gasteiger partial charge is 0.307 e. The molecule has 0 unspecified atom stereocenters. The fraction of sp³-hybridized carbons (Fsp3) is 0.444. The maximum atomic E-state index is 11.9. The molecule has 4 aromatic rings. The molecule has 5 heterocycles. The third kappa shape index (κ3) is 8.23. The Morgan fingerprint density at radius 3 is 2.33 bits per heavy atom. The lowest BCUT2D eigenvalue weighted by Crippen LogP contribution is -2.38. The lowest BCUT2D eigenvalue weighted by Gasteiger charge is -2.40. The molecule has 46 heavy (non-hydrogen) atoms. The number of fused-ring (bicyclic) bond motifs is 1. The molecule has 0 radical (unpaired) electrons. The molecule has 1 fully saturated rings. The van der Waals surface area contributed by atoms with Crippen LogP contribution in [-0.2, 0) is 24.2 Å². The van der Waals surface area contributed by atoms with Gasteiger partial charge in [-0.05, 0) is 75.1 Å². The van der Waals surface area contributed by atoms with E-state index in [-0.39, 0.29) is 6.42 Å². The number of anilines is 2. The number of nitrogens with zero attached hydrogens (tertiary/aromatic N) is 7. The Kier molecular flexibility index (Phi) is 9.67. The highest BCUT2D eigenvalue weighted by Crippen LogP contribution is 2.40. The average molecular weight is 624 g/mol. The molecule has 1 aromatic carbocycles. The van der Waals surface area contributed by atoms with E-state index in [1.54, 1.807) is 45.6 Å². The number of hydrogen-bond donors (Lipinski definition) is 2. The van der Waals surface area contributed by atoms with Crippen LogP contribution in [0.15, 0.2) is 55.2 Å². The number of carboxylic acids is 1. The third-order valence-electron chi connectivity index (χ3n) is 8.41. The fourth-order valence-corrected chi connectivity index (χ4v) is 5.87. The number of carbonyl (C=O) groups is 1. The molecule has 0 bridgehead atoms. The molecule has 2 aliphatic heterocycles. The van der Waals surface area contributed by atoms with Gasteiger partial charge in [-0.3, -0.25) is 19.7 Å². The highest BCUT2D eigenvalue weighted by molar-refractivity contribution is 5.85. The van der Waals surface area contributed by atoms with Crippen molar-refractivity contribution in [1.82, 2.24) is 24.9 Å². The van der Waals surface area contributed by atoms with Gasteiger partial charge in [-0.15, -0.1) is 0 Å². The SMILES string of the molecule is CC(C)(C)O.Cc1ncc(-c2ccc3c(c2)CCN(c2nccc(-c4cnccn4)n2)C3)c(N2CCC(C)(C)CC2)c1CC(=O)O. The van der Waals surface area contributed by atoms with Gasteiger partial charge in [0, 0.05) is 67.8 Å². The van der Waals surface area contributed by atoms with Gasteiger partial charge in [0.2, 0.25) is 5.95 Å². The lowest BCUT2D eigenvalue weighted by atomic mass is 9.82. The minimum absolute atomic E-state index is 0.0323. The minimum atomic E-state index is -0.832. The summed E-state index contributed by atoms with van der Waals surface area (Å²) in [6.45, 7) is 15.1. The maximum absolute atomic E-state index is 11.9. The zero-order chi connectivity index (χ0) is 33.1. The average Bonchev–Trinajstić information content (AvgIpc) is 3.01. The Hall–Kier alpha value is -4.44. The highest BCUT2D eigenvalue weighted by atomic mass is 16.4. The van der Waals surface area contributed by atoms with Crippen LogP contribution in [0.1, 0.15) is 69.8 Å². The van der Waals surface area contributed by atoms with Crippen LogP contribution in [0.2, 0.25) is 0 Å². The molecule has 3 aromatic heterocycles. The van der Waals surface area contributed by atoms with E-state index in [9.17, 15) is 9.90 Å². The Bertz CT molecular complexity index is 1670. The molecule has 2 aliphatic rings. The van der Waals surface area contributed by atoms with E-state index in [0.717, 1.165) is 78.4 Å². The quantitative estimate of drug-likeness (QED) is 0.268. The van der Waals surface area contributed by atoms with Crippen molar-refractivity contribution in [3.63, 3.8) is 0 Å². The second-order valence-corrected chi connectivity index (χ2v) is 14.0. The van der Waals surface area contributed by atoms with E-state index >= 15 is 0 Å². The summed E-state index contributed by atoms with van der Waals surface area (Å²) in [6, 6.07) is 8.45. The number of aliphatic hydroxyl groups is 1. The Balaban J connectivity index is 0.000000775. The normalized spacial score (nSPS) is 15.9. The Morgan fingerprint density at radius 1 is 0.913 bits per heavy atom. The summed E-state index contributed by atoms with van der Waals surface area (Å²) in [5.41, 5.74) is 8.52. The fourth-order valence-electron chi connectivity index (χ4n) is 5.87. The molecule has 0 amide bonds. The lowest BCUT2D eigenvalue weighted by molar-refractivity contribution is -0.136. The molecule has 0 saturated carbocycles. The summed E-state index contributed by atoms with van der Waals surface area (Å²) in [4.78, 5) is 39.0. The van der Waals surface area contributed by atoms with Crippen LogP contribution in [0.5, 0.6) is 0 Å². The van der Waals surface area contributed by atoms with E-state index in [1.165, 1.54) is 11.1 Å². The van der Waals surface area contributed by atoms with Crippen LogP contribution in [0.3, 0.4) is 0 Å². The van der Waals surface area contributed by atoms with Crippen LogP contribution < -0.4 is 9.80 Å². The summed E-state index contributed by atoms with van der Waals surface area (Å²) in [5.74, 6) is -0.152. The van der Waals surface area contributed by atoms with E-state index in [4.69, 9.17) is 10.1 Å². The summed E-state index contributed by atoms with van der Waals surface area (Å²) in [6.07, 6.45) is 11.7. The van der Waals surface area contributed by atoms with Crippen molar-refractivity contribution < 1.29 is 15.0 Å². The summed E-state index contributed by atoms with van der Waals surface area (Å²) >= 11 is 0. The predicted molar refractivity (Wildman–Crippen MR) is 181 cm³/mol. The van der Waals surface area contributed by atoms with Crippen molar-refractivity contribution in [1.29, 1.82) is 0 Å². The van der Waals surface area contributed by atoms with Crippen molar-refractivity contribution in [2.24, 2.45) is 5.41 Å². The number of aromatic nitrogens is 5. The number of hydrogen-bond acceptors (Lipinski definition) is 9. The molecular weight excluding hydrogens is 578 g/mol. The second kappa shape index (κ2) is 13.5. The first-order valence-corrected chi connectivity index (χ1v) is 15.9. The molecule has 10 heteroatoms. The van der Waals surface area contributed by atoms with Crippen molar-refractivity contribution in [3.05, 3.63) is 77.6 Å². The number of carboxylic acid groups (broad SMARTS) is 1. The maximum Gasteiger partial charge on any atom is 0.307 e. The summed E-state index contributed by atoms with van der Waals surface area (Å²) in [5, 5.41) is 18.3. The van der Waals surface area contributed by atoms with Gasteiger partial charge in [-0.25, -0.2) is 9.97 Å². The van der Waals surface area contributed by atoms with Crippen LogP contribution in [0, 0.1) is 12.3 Å². The third-order valence-corrected chi connectivity index (χ3v) is 8.41. The van der Waals surface area contributed by atoms with Crippen molar-refractivity contribution in [3.8, 4) is 22.5 Å². The number of aliphatic carboxylic acids is 1. The molecule has 0 spiro atoms. The minimum Gasteiger partial charge on any atom is -0.481 e. The van der Waals surface area contributed by atoms with Gasteiger partial charge in [0.25, 0.3) is 0 Å². The monoisotopic (exact) mass is 623 g/mol.